The van der Waals surface area contributed by atoms with E-state index in [4.69, 9.17) is 0 Å². The second kappa shape index (κ2) is 7.54. The Hall–Kier alpha value is -1.82. The largest absolute Gasteiger partial charge is 0.0829 e. The molecule has 2 atom stereocenters. The van der Waals surface area contributed by atoms with Crippen LogP contribution < -0.4 is 0 Å². The number of hydrogen-bond acceptors (Lipinski definition) is 0. The third kappa shape index (κ3) is 3.25. The first-order valence-corrected chi connectivity index (χ1v) is 11.3. The molecule has 2 aromatic rings. The molecule has 2 aliphatic carbocycles. The highest BCUT2D eigenvalue weighted by Gasteiger charge is 2.44. The zero-order valence-electron chi connectivity index (χ0n) is 18.4. The molecule has 4 rings (SSSR count). The number of rotatable bonds is 7. The second-order valence-corrected chi connectivity index (χ2v) is 9.88. The summed E-state index contributed by atoms with van der Waals surface area (Å²) in [6.07, 6.45) is 12.8. The fourth-order valence-electron chi connectivity index (χ4n) is 5.53. The summed E-state index contributed by atoms with van der Waals surface area (Å²) in [6, 6.07) is 11.8. The first kappa shape index (κ1) is 19.5. The lowest BCUT2D eigenvalue weighted by Crippen LogP contribution is -2.27. The lowest BCUT2D eigenvalue weighted by Gasteiger charge is -2.35. The molecule has 0 nitrogen and oxygen atoms in total. The van der Waals surface area contributed by atoms with E-state index in [1.807, 2.05) is 0 Å². The van der Waals surface area contributed by atoms with E-state index >= 15 is 0 Å². The van der Waals surface area contributed by atoms with Gasteiger partial charge in [-0.3, -0.25) is 0 Å². The van der Waals surface area contributed by atoms with Crippen LogP contribution >= 0.6 is 0 Å². The van der Waals surface area contributed by atoms with Gasteiger partial charge in [-0.15, -0.1) is 0 Å². The summed E-state index contributed by atoms with van der Waals surface area (Å²) in [6.45, 7) is 11.7. The van der Waals surface area contributed by atoms with E-state index < -0.39 is 0 Å². The van der Waals surface area contributed by atoms with E-state index in [0.717, 1.165) is 18.3 Å². The first-order chi connectivity index (χ1) is 13.4. The molecule has 2 aliphatic rings. The lowest BCUT2D eigenvalue weighted by molar-refractivity contribution is 0.399. The van der Waals surface area contributed by atoms with E-state index in [1.54, 1.807) is 16.7 Å². The highest BCUT2D eigenvalue weighted by atomic mass is 14.5. The summed E-state index contributed by atoms with van der Waals surface area (Å²) < 4.78 is 0. The van der Waals surface area contributed by atoms with Crippen molar-refractivity contribution in [2.45, 2.75) is 78.6 Å². The van der Waals surface area contributed by atoms with Crippen molar-refractivity contribution in [2.24, 2.45) is 11.8 Å². The topological polar surface area (TPSA) is 0 Å². The third-order valence-corrected chi connectivity index (χ3v) is 7.17. The molecule has 2 aromatic carbocycles. The molecule has 0 spiro atoms. The standard InChI is InChI=1S/C28H36/c1-19(2)8-6-9-20(3)15-17-28-16-7-10-23-22(5)12-14-25(27(23)28)24-13-11-21(4)18-26(24)28/h7,11-14,16,18-20H,6,8-10,15,17H2,1-5H3. The van der Waals surface area contributed by atoms with Crippen LogP contribution in [0.5, 0.6) is 0 Å². The Morgan fingerprint density at radius 2 is 1.71 bits per heavy atom. The molecule has 0 bridgehead atoms. The van der Waals surface area contributed by atoms with Crippen LogP contribution in [0, 0.1) is 25.7 Å². The number of allylic oxidation sites excluding steroid dienone is 2. The van der Waals surface area contributed by atoms with Gasteiger partial charge in [-0.05, 0) is 78.3 Å². The van der Waals surface area contributed by atoms with E-state index in [2.05, 4.69) is 77.1 Å². The summed E-state index contributed by atoms with van der Waals surface area (Å²) in [5.74, 6) is 1.63. The van der Waals surface area contributed by atoms with Gasteiger partial charge < -0.3 is 0 Å². The zero-order valence-corrected chi connectivity index (χ0v) is 18.4. The van der Waals surface area contributed by atoms with Gasteiger partial charge >= 0.3 is 0 Å². The second-order valence-electron chi connectivity index (χ2n) is 9.88. The van der Waals surface area contributed by atoms with Gasteiger partial charge in [0.2, 0.25) is 0 Å². The SMILES string of the molecule is Cc1ccc2c(c1)C1(CCC(C)CCCC(C)C)C=CCc3c(C)ccc-2c31. The van der Waals surface area contributed by atoms with Crippen molar-refractivity contribution in [1.29, 1.82) is 0 Å². The number of hydrogen-bond donors (Lipinski definition) is 0. The van der Waals surface area contributed by atoms with Crippen LogP contribution in [0.25, 0.3) is 11.1 Å². The molecule has 148 valence electrons. The average Bonchev–Trinajstić information content (AvgIpc) is 2.94. The van der Waals surface area contributed by atoms with Crippen LogP contribution in [-0.4, -0.2) is 0 Å². The molecule has 0 saturated heterocycles. The van der Waals surface area contributed by atoms with Crippen molar-refractivity contribution in [3.63, 3.8) is 0 Å². The zero-order chi connectivity index (χ0) is 19.9. The molecular weight excluding hydrogens is 336 g/mol. The predicted molar refractivity (Wildman–Crippen MR) is 122 cm³/mol. The van der Waals surface area contributed by atoms with Crippen molar-refractivity contribution in [2.75, 3.05) is 0 Å². The van der Waals surface area contributed by atoms with Crippen LogP contribution in [0.15, 0.2) is 42.5 Å². The molecule has 0 aromatic heterocycles. The smallest absolute Gasteiger partial charge is 0.0397 e. The lowest BCUT2D eigenvalue weighted by atomic mass is 9.68. The summed E-state index contributed by atoms with van der Waals surface area (Å²) >= 11 is 0. The van der Waals surface area contributed by atoms with Gasteiger partial charge in [0.25, 0.3) is 0 Å². The van der Waals surface area contributed by atoms with Crippen LogP contribution in [0.2, 0.25) is 0 Å². The molecule has 28 heavy (non-hydrogen) atoms. The minimum Gasteiger partial charge on any atom is -0.0829 e. The number of benzene rings is 2. The van der Waals surface area contributed by atoms with Crippen LogP contribution in [0.3, 0.4) is 0 Å². The fraction of sp³-hybridized carbons (Fsp3) is 0.500. The van der Waals surface area contributed by atoms with Gasteiger partial charge in [-0.1, -0.05) is 88.1 Å². The van der Waals surface area contributed by atoms with E-state index in [9.17, 15) is 0 Å². The predicted octanol–water partition coefficient (Wildman–Crippen LogP) is 7.92. The fourth-order valence-corrected chi connectivity index (χ4v) is 5.53. The van der Waals surface area contributed by atoms with Crippen molar-refractivity contribution < 1.29 is 0 Å². The van der Waals surface area contributed by atoms with Crippen LogP contribution in [0.4, 0.5) is 0 Å². The van der Waals surface area contributed by atoms with Gasteiger partial charge in [0.05, 0.1) is 0 Å². The Morgan fingerprint density at radius 3 is 2.50 bits per heavy atom. The Kier molecular flexibility index (Phi) is 5.25. The van der Waals surface area contributed by atoms with E-state index in [-0.39, 0.29) is 5.41 Å². The summed E-state index contributed by atoms with van der Waals surface area (Å²) in [5, 5.41) is 0. The van der Waals surface area contributed by atoms with E-state index in [1.165, 1.54) is 54.4 Å². The Labute approximate surface area is 172 Å². The first-order valence-electron chi connectivity index (χ1n) is 11.3. The summed E-state index contributed by atoms with van der Waals surface area (Å²) in [7, 11) is 0. The summed E-state index contributed by atoms with van der Waals surface area (Å²) in [4.78, 5) is 0. The quantitative estimate of drug-likeness (QED) is 0.433. The molecule has 0 amide bonds. The minimum absolute atomic E-state index is 0.0998. The number of fused-ring (bicyclic) bond motifs is 3. The molecule has 0 saturated carbocycles. The monoisotopic (exact) mass is 372 g/mol. The average molecular weight is 373 g/mol. The molecule has 0 N–H and O–H groups in total. The Morgan fingerprint density at radius 1 is 0.929 bits per heavy atom. The molecule has 0 aliphatic heterocycles. The molecular formula is C28H36. The van der Waals surface area contributed by atoms with Crippen molar-refractivity contribution in [3.8, 4) is 11.1 Å². The highest BCUT2D eigenvalue weighted by molar-refractivity contribution is 5.85. The maximum absolute atomic E-state index is 2.56. The normalized spacial score (nSPS) is 20.4. The van der Waals surface area contributed by atoms with Crippen molar-refractivity contribution in [1.82, 2.24) is 0 Å². The van der Waals surface area contributed by atoms with Gasteiger partial charge in [-0.25, -0.2) is 0 Å². The minimum atomic E-state index is 0.0998. The molecule has 2 unspecified atom stereocenters. The maximum Gasteiger partial charge on any atom is 0.0397 e. The molecule has 0 heterocycles. The van der Waals surface area contributed by atoms with Gasteiger partial charge in [0.15, 0.2) is 0 Å². The van der Waals surface area contributed by atoms with E-state index in [0.29, 0.717) is 0 Å². The molecule has 0 heteroatoms. The van der Waals surface area contributed by atoms with Gasteiger partial charge in [-0.2, -0.15) is 0 Å². The van der Waals surface area contributed by atoms with Crippen molar-refractivity contribution >= 4 is 0 Å². The Bertz CT molecular complexity index is 898. The van der Waals surface area contributed by atoms with Gasteiger partial charge in [0, 0.05) is 5.41 Å². The number of aryl methyl sites for hydroxylation is 2. The Balaban J connectivity index is 1.69. The maximum atomic E-state index is 2.56. The van der Waals surface area contributed by atoms with Crippen LogP contribution in [-0.2, 0) is 11.8 Å². The summed E-state index contributed by atoms with van der Waals surface area (Å²) in [5.41, 5.74) is 10.7. The van der Waals surface area contributed by atoms with Crippen molar-refractivity contribution in [3.05, 3.63) is 70.3 Å². The third-order valence-electron chi connectivity index (χ3n) is 7.17. The molecule has 0 fully saturated rings. The van der Waals surface area contributed by atoms with Gasteiger partial charge in [0.1, 0.15) is 0 Å². The molecule has 0 radical (unpaired) electrons. The van der Waals surface area contributed by atoms with Crippen LogP contribution in [0.1, 0.15) is 80.7 Å². The highest BCUT2D eigenvalue weighted by Crippen LogP contribution is 2.56.